The Bertz CT molecular complexity index is 599. The Hall–Kier alpha value is -2.14. The molecule has 112 valence electrons. The summed E-state index contributed by atoms with van der Waals surface area (Å²) in [6.45, 7) is 4.29. The zero-order valence-corrected chi connectivity index (χ0v) is 12.5. The van der Waals surface area contributed by atoms with Crippen molar-refractivity contribution in [3.63, 3.8) is 0 Å². The van der Waals surface area contributed by atoms with Crippen molar-refractivity contribution in [1.29, 1.82) is 0 Å². The average Bonchev–Trinajstić information content (AvgIpc) is 2.38. The molecule has 1 fully saturated rings. The standard InChI is InChI=1S/C16H19NO4/c1-11(18)14-6-4-13(5-7-14)10-17(3)8-9-21-16(20)15(17)12(2)19/h4-7H,8-10H2,1-3H3. The van der Waals surface area contributed by atoms with E-state index < -0.39 is 5.97 Å². The normalized spacial score (nSPS) is 24.4. The van der Waals surface area contributed by atoms with Gasteiger partial charge in [0.15, 0.2) is 5.78 Å². The van der Waals surface area contributed by atoms with E-state index in [2.05, 4.69) is 0 Å². The molecule has 1 unspecified atom stereocenters. The van der Waals surface area contributed by atoms with Gasteiger partial charge in [-0.05, 0) is 13.8 Å². The molecule has 1 aliphatic rings. The first-order valence-electron chi connectivity index (χ1n) is 6.83. The number of ether oxygens (including phenoxy) is 1. The van der Waals surface area contributed by atoms with Gasteiger partial charge < -0.3 is 9.84 Å². The van der Waals surface area contributed by atoms with Gasteiger partial charge in [0.1, 0.15) is 19.7 Å². The maximum Gasteiger partial charge on any atom is 0.392 e. The van der Waals surface area contributed by atoms with Crippen LogP contribution in [0.2, 0.25) is 0 Å². The molecular weight excluding hydrogens is 270 g/mol. The van der Waals surface area contributed by atoms with E-state index in [-0.39, 0.29) is 21.7 Å². The van der Waals surface area contributed by atoms with Gasteiger partial charge in [-0.25, -0.2) is 4.79 Å². The molecule has 0 amide bonds. The predicted octanol–water partition coefficient (Wildman–Crippen LogP) is 0.984. The zero-order chi connectivity index (χ0) is 15.6. The van der Waals surface area contributed by atoms with Crippen LogP contribution in [0, 0.1) is 0 Å². The highest BCUT2D eigenvalue weighted by Crippen LogP contribution is 2.26. The fraction of sp³-hybridized carbons (Fsp3) is 0.375. The van der Waals surface area contributed by atoms with Gasteiger partial charge in [0.2, 0.25) is 5.70 Å². The number of cyclic esters (lactones) is 1. The first-order valence-corrected chi connectivity index (χ1v) is 6.83. The molecule has 1 aromatic carbocycles. The Kier molecular flexibility index (Phi) is 4.14. The largest absolute Gasteiger partial charge is 0.871 e. The number of hydrogen-bond donors (Lipinski definition) is 0. The van der Waals surface area contributed by atoms with Crippen LogP contribution in [0.3, 0.4) is 0 Å². The van der Waals surface area contributed by atoms with Gasteiger partial charge in [-0.3, -0.25) is 9.28 Å². The number of rotatable bonds is 3. The van der Waals surface area contributed by atoms with Crippen LogP contribution >= 0.6 is 0 Å². The van der Waals surface area contributed by atoms with Crippen LogP contribution in [0.15, 0.2) is 35.7 Å². The molecular formula is C16H19NO4. The molecule has 5 nitrogen and oxygen atoms in total. The summed E-state index contributed by atoms with van der Waals surface area (Å²) >= 11 is 0. The second-order valence-electron chi connectivity index (χ2n) is 5.57. The number of nitrogens with zero attached hydrogens (tertiary/aromatic N) is 1. The Balaban J connectivity index is 2.29. The summed E-state index contributed by atoms with van der Waals surface area (Å²) in [5, 5.41) is 11.8. The fourth-order valence-corrected chi connectivity index (χ4v) is 2.67. The topological polar surface area (TPSA) is 66.4 Å². The number of ketones is 1. The van der Waals surface area contributed by atoms with E-state index in [0.717, 1.165) is 5.56 Å². The van der Waals surface area contributed by atoms with E-state index >= 15 is 0 Å². The summed E-state index contributed by atoms with van der Waals surface area (Å²) in [6.07, 6.45) is 0. The number of likely N-dealkylation sites (N-methyl/N-ethyl adjacent to an activating group) is 1. The molecule has 1 aromatic rings. The Labute approximate surface area is 124 Å². The molecule has 1 saturated heterocycles. The van der Waals surface area contributed by atoms with Gasteiger partial charge in [-0.1, -0.05) is 30.0 Å². The molecule has 0 spiro atoms. The second kappa shape index (κ2) is 5.69. The van der Waals surface area contributed by atoms with E-state index in [1.807, 2.05) is 19.2 Å². The number of morpholine rings is 1. The molecule has 2 rings (SSSR count). The molecule has 0 aromatic heterocycles. The van der Waals surface area contributed by atoms with Crippen molar-refractivity contribution in [3.8, 4) is 0 Å². The lowest BCUT2D eigenvalue weighted by atomic mass is 10.1. The van der Waals surface area contributed by atoms with Crippen molar-refractivity contribution >= 4 is 11.8 Å². The minimum absolute atomic E-state index is 0.0134. The zero-order valence-electron chi connectivity index (χ0n) is 12.5. The number of quaternary nitrogens is 1. The Morgan fingerprint density at radius 3 is 2.43 bits per heavy atom. The highest BCUT2D eigenvalue weighted by Gasteiger charge is 2.38. The smallest absolute Gasteiger partial charge is 0.392 e. The third kappa shape index (κ3) is 3.13. The van der Waals surface area contributed by atoms with E-state index in [9.17, 15) is 14.7 Å². The number of carbonyl (C=O) groups is 2. The lowest BCUT2D eigenvalue weighted by Gasteiger charge is -2.39. The van der Waals surface area contributed by atoms with Gasteiger partial charge >= 0.3 is 5.97 Å². The van der Waals surface area contributed by atoms with Crippen LogP contribution in [-0.2, 0) is 16.1 Å². The number of esters is 1. The number of Topliss-reactive ketones (excluding diaryl/α,β-unsaturated/α-hetero) is 1. The lowest BCUT2D eigenvalue weighted by molar-refractivity contribution is -0.888. The SMILES string of the molecule is CC(=O)c1ccc(C[N+]2(C)CCOC(=O)/C2=C(\C)[O-])cc1. The van der Waals surface area contributed by atoms with Gasteiger partial charge in [0, 0.05) is 11.1 Å². The monoisotopic (exact) mass is 289 g/mol. The molecule has 0 N–H and O–H groups in total. The summed E-state index contributed by atoms with van der Waals surface area (Å²) in [4.78, 5) is 23.1. The quantitative estimate of drug-likeness (QED) is 0.273. The van der Waals surface area contributed by atoms with E-state index in [4.69, 9.17) is 4.74 Å². The van der Waals surface area contributed by atoms with Gasteiger partial charge in [0.25, 0.3) is 0 Å². The van der Waals surface area contributed by atoms with Crippen molar-refractivity contribution in [1.82, 2.24) is 0 Å². The average molecular weight is 289 g/mol. The third-order valence-corrected chi connectivity index (χ3v) is 3.78. The van der Waals surface area contributed by atoms with Crippen LogP contribution in [0.25, 0.3) is 0 Å². The van der Waals surface area contributed by atoms with Crippen molar-refractivity contribution < 1.29 is 23.9 Å². The first kappa shape index (κ1) is 15.3. The molecule has 0 saturated carbocycles. The summed E-state index contributed by atoms with van der Waals surface area (Å²) in [6, 6.07) is 7.24. The molecule has 21 heavy (non-hydrogen) atoms. The van der Waals surface area contributed by atoms with Crippen molar-refractivity contribution in [2.45, 2.75) is 20.4 Å². The first-order chi connectivity index (χ1) is 9.83. The summed E-state index contributed by atoms with van der Waals surface area (Å²) in [5.74, 6) is -0.779. The van der Waals surface area contributed by atoms with Crippen molar-refractivity contribution in [2.24, 2.45) is 0 Å². The van der Waals surface area contributed by atoms with Crippen LogP contribution in [0.5, 0.6) is 0 Å². The fourth-order valence-electron chi connectivity index (χ4n) is 2.67. The summed E-state index contributed by atoms with van der Waals surface area (Å²) < 4.78 is 5.21. The molecule has 5 heteroatoms. The van der Waals surface area contributed by atoms with Crippen LogP contribution in [-0.4, -0.2) is 36.4 Å². The van der Waals surface area contributed by atoms with E-state index in [1.54, 1.807) is 12.1 Å². The maximum absolute atomic E-state index is 11.8. The van der Waals surface area contributed by atoms with E-state index in [0.29, 0.717) is 25.3 Å². The molecule has 0 aliphatic carbocycles. The number of carbonyl (C=O) groups excluding carboxylic acids is 2. The Morgan fingerprint density at radius 2 is 1.90 bits per heavy atom. The maximum atomic E-state index is 11.8. The highest BCUT2D eigenvalue weighted by atomic mass is 16.5. The Morgan fingerprint density at radius 1 is 1.29 bits per heavy atom. The number of benzene rings is 1. The summed E-state index contributed by atoms with van der Waals surface area (Å²) in [7, 11) is 1.86. The second-order valence-corrected chi connectivity index (χ2v) is 5.57. The van der Waals surface area contributed by atoms with Gasteiger partial charge in [0.05, 0.1) is 7.05 Å². The molecule has 0 radical (unpaired) electrons. The molecule has 1 atom stereocenters. The minimum atomic E-state index is -0.531. The van der Waals surface area contributed by atoms with Crippen molar-refractivity contribution in [3.05, 3.63) is 46.8 Å². The number of allylic oxidation sites excluding steroid dienone is 1. The van der Waals surface area contributed by atoms with Gasteiger partial charge in [-0.2, -0.15) is 0 Å². The van der Waals surface area contributed by atoms with Crippen LogP contribution in [0.1, 0.15) is 29.8 Å². The van der Waals surface area contributed by atoms with Crippen molar-refractivity contribution in [2.75, 3.05) is 20.2 Å². The molecule has 1 heterocycles. The van der Waals surface area contributed by atoms with E-state index in [1.165, 1.54) is 13.8 Å². The molecule has 0 bridgehead atoms. The van der Waals surface area contributed by atoms with Gasteiger partial charge in [-0.15, -0.1) is 0 Å². The predicted molar refractivity (Wildman–Crippen MR) is 74.9 cm³/mol. The highest BCUT2D eigenvalue weighted by molar-refractivity contribution is 5.94. The van der Waals surface area contributed by atoms with Crippen LogP contribution < -0.4 is 5.11 Å². The lowest BCUT2D eigenvalue weighted by Crippen LogP contribution is -2.52. The minimum Gasteiger partial charge on any atom is -0.871 e. The molecule has 1 aliphatic heterocycles. The summed E-state index contributed by atoms with van der Waals surface area (Å²) in [5.41, 5.74) is 1.79. The third-order valence-electron chi connectivity index (χ3n) is 3.78. The number of hydrogen-bond acceptors (Lipinski definition) is 4. The van der Waals surface area contributed by atoms with Crippen LogP contribution in [0.4, 0.5) is 0 Å².